The van der Waals surface area contributed by atoms with Gasteiger partial charge in [-0.1, -0.05) is 17.7 Å². The molecular formula is C20H23N5O3. The Morgan fingerprint density at radius 2 is 1.96 bits per heavy atom. The van der Waals surface area contributed by atoms with E-state index < -0.39 is 0 Å². The second kappa shape index (κ2) is 7.29. The molecule has 8 heteroatoms. The molecule has 8 nitrogen and oxygen atoms in total. The van der Waals surface area contributed by atoms with E-state index in [0.717, 1.165) is 29.5 Å². The minimum Gasteiger partial charge on any atom is -0.394 e. The molecule has 146 valence electrons. The standard InChI is InChI=1S/C20H23N5O3/c1-11-6-12(2)16(13(3)7-11)20(27)24-18-17-19(22-9-21-18)25(10-23-17)15-5-4-14(8-26)28-15/h6-7,9-10,14-15,26H,4-5,8H2,1-3H3,(H,21,22,24,27)/t14-,15+/m0/s1. The van der Waals surface area contributed by atoms with Crippen molar-refractivity contribution in [1.82, 2.24) is 19.5 Å². The number of amides is 1. The Balaban J connectivity index is 1.65. The average molecular weight is 381 g/mol. The number of imidazole rings is 1. The van der Waals surface area contributed by atoms with Gasteiger partial charge in [0, 0.05) is 5.56 Å². The fraction of sp³-hybridized carbons (Fsp3) is 0.400. The fourth-order valence-electron chi connectivity index (χ4n) is 3.89. The number of ether oxygens (including phenoxy) is 1. The smallest absolute Gasteiger partial charge is 0.257 e. The van der Waals surface area contributed by atoms with Crippen LogP contribution in [-0.2, 0) is 4.74 Å². The van der Waals surface area contributed by atoms with E-state index in [0.29, 0.717) is 22.5 Å². The van der Waals surface area contributed by atoms with Crippen LogP contribution in [0.25, 0.3) is 11.2 Å². The zero-order chi connectivity index (χ0) is 19.8. The summed E-state index contributed by atoms with van der Waals surface area (Å²) in [5.74, 6) is 0.145. The van der Waals surface area contributed by atoms with Crippen LogP contribution in [0.2, 0.25) is 0 Å². The summed E-state index contributed by atoms with van der Waals surface area (Å²) in [5.41, 5.74) is 4.69. The van der Waals surface area contributed by atoms with Gasteiger partial charge < -0.3 is 15.2 Å². The highest BCUT2D eigenvalue weighted by molar-refractivity contribution is 6.08. The zero-order valence-electron chi connectivity index (χ0n) is 16.1. The molecule has 3 aromatic rings. The number of benzene rings is 1. The van der Waals surface area contributed by atoms with Crippen LogP contribution in [0.5, 0.6) is 0 Å². The highest BCUT2D eigenvalue weighted by Crippen LogP contribution is 2.31. The number of hydrogen-bond acceptors (Lipinski definition) is 6. The van der Waals surface area contributed by atoms with Crippen molar-refractivity contribution in [3.8, 4) is 0 Å². The number of nitrogens with one attached hydrogen (secondary N) is 1. The Morgan fingerprint density at radius 1 is 1.21 bits per heavy atom. The highest BCUT2D eigenvalue weighted by Gasteiger charge is 2.28. The van der Waals surface area contributed by atoms with Crippen LogP contribution in [0.4, 0.5) is 5.82 Å². The zero-order valence-corrected chi connectivity index (χ0v) is 16.1. The first-order valence-electron chi connectivity index (χ1n) is 9.31. The summed E-state index contributed by atoms with van der Waals surface area (Å²) in [7, 11) is 0. The molecule has 1 amide bonds. The Hall–Kier alpha value is -2.84. The van der Waals surface area contributed by atoms with Crippen molar-refractivity contribution in [2.75, 3.05) is 11.9 Å². The molecule has 2 atom stereocenters. The first-order chi connectivity index (χ1) is 13.5. The maximum absolute atomic E-state index is 12.9. The molecule has 0 spiro atoms. The third-order valence-corrected chi connectivity index (χ3v) is 5.09. The van der Waals surface area contributed by atoms with Gasteiger partial charge in [0.1, 0.15) is 12.6 Å². The first-order valence-corrected chi connectivity index (χ1v) is 9.31. The van der Waals surface area contributed by atoms with Crippen LogP contribution in [0.1, 0.15) is 46.1 Å². The minimum absolute atomic E-state index is 0.00528. The third-order valence-electron chi connectivity index (χ3n) is 5.09. The Bertz CT molecular complexity index is 1020. The van der Waals surface area contributed by atoms with Crippen molar-refractivity contribution in [1.29, 1.82) is 0 Å². The number of rotatable bonds is 4. The van der Waals surface area contributed by atoms with Crippen LogP contribution in [0.3, 0.4) is 0 Å². The second-order valence-electron chi connectivity index (χ2n) is 7.25. The number of anilines is 1. The van der Waals surface area contributed by atoms with Gasteiger partial charge in [0.2, 0.25) is 0 Å². The molecule has 2 aromatic heterocycles. The van der Waals surface area contributed by atoms with Crippen molar-refractivity contribution < 1.29 is 14.6 Å². The first kappa shape index (κ1) is 18.5. The predicted octanol–water partition coefficient (Wildman–Crippen LogP) is 2.67. The predicted molar refractivity (Wildman–Crippen MR) is 104 cm³/mol. The summed E-state index contributed by atoms with van der Waals surface area (Å²) in [4.78, 5) is 25.8. The van der Waals surface area contributed by atoms with Gasteiger partial charge in [-0.25, -0.2) is 15.0 Å². The molecule has 0 aliphatic carbocycles. The largest absolute Gasteiger partial charge is 0.394 e. The summed E-state index contributed by atoms with van der Waals surface area (Å²) in [6.07, 6.45) is 4.19. The molecule has 1 fully saturated rings. The number of hydrogen-bond donors (Lipinski definition) is 2. The number of carbonyl (C=O) groups excluding carboxylic acids is 1. The highest BCUT2D eigenvalue weighted by atomic mass is 16.5. The van der Waals surface area contributed by atoms with E-state index in [9.17, 15) is 9.90 Å². The van der Waals surface area contributed by atoms with Gasteiger partial charge >= 0.3 is 0 Å². The van der Waals surface area contributed by atoms with E-state index >= 15 is 0 Å². The molecule has 1 saturated heterocycles. The van der Waals surface area contributed by atoms with Crippen molar-refractivity contribution in [2.24, 2.45) is 0 Å². The molecule has 0 radical (unpaired) electrons. The summed E-state index contributed by atoms with van der Waals surface area (Å²) < 4.78 is 7.65. The van der Waals surface area contributed by atoms with Gasteiger partial charge in [-0.2, -0.15) is 0 Å². The van der Waals surface area contributed by atoms with E-state index in [-0.39, 0.29) is 24.8 Å². The quantitative estimate of drug-likeness (QED) is 0.720. The summed E-state index contributed by atoms with van der Waals surface area (Å²) in [6, 6.07) is 3.97. The number of aliphatic hydroxyl groups is 1. The van der Waals surface area contributed by atoms with Crippen molar-refractivity contribution >= 4 is 22.9 Å². The van der Waals surface area contributed by atoms with Gasteiger partial charge in [-0.15, -0.1) is 0 Å². The molecule has 0 unspecified atom stereocenters. The van der Waals surface area contributed by atoms with Gasteiger partial charge in [-0.3, -0.25) is 9.36 Å². The van der Waals surface area contributed by atoms with E-state index in [1.807, 2.05) is 37.5 Å². The van der Waals surface area contributed by atoms with Crippen LogP contribution in [-0.4, -0.2) is 43.2 Å². The van der Waals surface area contributed by atoms with Crippen molar-refractivity contribution in [3.63, 3.8) is 0 Å². The molecule has 1 aliphatic rings. The maximum Gasteiger partial charge on any atom is 0.257 e. The number of aryl methyl sites for hydroxylation is 3. The Labute approximate surface area is 162 Å². The van der Waals surface area contributed by atoms with E-state index in [1.165, 1.54) is 6.33 Å². The fourth-order valence-corrected chi connectivity index (χ4v) is 3.89. The Morgan fingerprint density at radius 3 is 2.64 bits per heavy atom. The molecule has 1 aromatic carbocycles. The SMILES string of the molecule is Cc1cc(C)c(C(=O)Nc2ncnc3c2ncn3[C@H]2CC[C@@H](CO)O2)c(C)c1. The maximum atomic E-state index is 12.9. The lowest BCUT2D eigenvalue weighted by molar-refractivity contribution is -0.0207. The lowest BCUT2D eigenvalue weighted by Gasteiger charge is -2.14. The van der Waals surface area contributed by atoms with Crippen LogP contribution >= 0.6 is 0 Å². The molecule has 3 heterocycles. The Kier molecular flexibility index (Phi) is 4.82. The lowest BCUT2D eigenvalue weighted by Crippen LogP contribution is -2.17. The van der Waals surface area contributed by atoms with E-state index in [4.69, 9.17) is 4.74 Å². The van der Waals surface area contributed by atoms with Gasteiger partial charge in [-0.05, 0) is 44.7 Å². The summed E-state index contributed by atoms with van der Waals surface area (Å²) in [6.45, 7) is 5.85. The topological polar surface area (TPSA) is 102 Å². The number of carbonyl (C=O) groups is 1. The van der Waals surface area contributed by atoms with Crippen LogP contribution < -0.4 is 5.32 Å². The molecule has 4 rings (SSSR count). The van der Waals surface area contributed by atoms with Crippen molar-refractivity contribution in [2.45, 2.75) is 45.9 Å². The lowest BCUT2D eigenvalue weighted by atomic mass is 9.99. The normalized spacial score (nSPS) is 19.3. The monoisotopic (exact) mass is 381 g/mol. The number of nitrogens with zero attached hydrogens (tertiary/aromatic N) is 4. The molecule has 1 aliphatic heterocycles. The van der Waals surface area contributed by atoms with Crippen molar-refractivity contribution in [3.05, 3.63) is 47.0 Å². The third kappa shape index (κ3) is 3.25. The minimum atomic E-state index is -0.234. The van der Waals surface area contributed by atoms with Crippen LogP contribution in [0.15, 0.2) is 24.8 Å². The van der Waals surface area contributed by atoms with E-state index in [1.54, 1.807) is 6.33 Å². The number of fused-ring (bicyclic) bond motifs is 1. The molecule has 0 saturated carbocycles. The molecule has 28 heavy (non-hydrogen) atoms. The summed E-state index contributed by atoms with van der Waals surface area (Å²) >= 11 is 0. The number of aromatic nitrogens is 4. The van der Waals surface area contributed by atoms with E-state index in [2.05, 4.69) is 20.3 Å². The summed E-state index contributed by atoms with van der Waals surface area (Å²) in [5, 5.41) is 12.2. The van der Waals surface area contributed by atoms with Gasteiger partial charge in [0.15, 0.2) is 17.0 Å². The average Bonchev–Trinajstić information content (AvgIpc) is 3.27. The molecule has 2 N–H and O–H groups in total. The number of aliphatic hydroxyl groups excluding tert-OH is 1. The second-order valence-corrected chi connectivity index (χ2v) is 7.25. The van der Waals surface area contributed by atoms with Crippen LogP contribution in [0, 0.1) is 20.8 Å². The van der Waals surface area contributed by atoms with Gasteiger partial charge in [0.05, 0.1) is 19.0 Å². The molecule has 0 bridgehead atoms. The molecular weight excluding hydrogens is 358 g/mol. The van der Waals surface area contributed by atoms with Gasteiger partial charge in [0.25, 0.3) is 5.91 Å².